The van der Waals surface area contributed by atoms with Crippen LogP contribution in [0.5, 0.6) is 0 Å². The fourth-order valence-electron chi connectivity index (χ4n) is 5.02. The Hall–Kier alpha value is -1.91. The van der Waals surface area contributed by atoms with Crippen LogP contribution in [0.15, 0.2) is 46.8 Å². The molecule has 0 saturated heterocycles. The number of Topliss-reactive ketones (excluding diaryl/α,β-unsaturated/α-hetero) is 2. The molecule has 0 atom stereocenters. The maximum absolute atomic E-state index is 13.3. The highest BCUT2D eigenvalue weighted by molar-refractivity contribution is 6.31. The molecule has 0 bridgehead atoms. The minimum atomic E-state index is -0.425. The lowest BCUT2D eigenvalue weighted by molar-refractivity contribution is -0.119. The van der Waals surface area contributed by atoms with E-state index in [1.165, 1.54) is 0 Å². The molecule has 5 heteroatoms. The van der Waals surface area contributed by atoms with Crippen molar-refractivity contribution in [2.24, 2.45) is 16.7 Å². The first-order chi connectivity index (χ1) is 13.0. The second-order valence-electron chi connectivity index (χ2n) is 9.93. The summed E-state index contributed by atoms with van der Waals surface area (Å²) in [6, 6.07) is 7.52. The van der Waals surface area contributed by atoms with Gasteiger partial charge in [0.2, 0.25) is 0 Å². The number of benzene rings is 1. The molecule has 4 nitrogen and oxygen atoms in total. The number of rotatable bonds is 1. The van der Waals surface area contributed by atoms with Crippen LogP contribution in [-0.2, 0) is 9.59 Å². The maximum atomic E-state index is 13.3. The van der Waals surface area contributed by atoms with Crippen molar-refractivity contribution in [3.8, 4) is 0 Å². The third-order valence-corrected chi connectivity index (χ3v) is 6.51. The molecule has 148 valence electrons. The monoisotopic (exact) mass is 398 g/mol. The molecule has 0 unspecified atom stereocenters. The molecule has 28 heavy (non-hydrogen) atoms. The highest BCUT2D eigenvalue weighted by Crippen LogP contribution is 2.54. The summed E-state index contributed by atoms with van der Waals surface area (Å²) < 4.78 is 0. The number of ketones is 2. The van der Waals surface area contributed by atoms with E-state index in [0.717, 1.165) is 17.0 Å². The molecule has 1 aromatic rings. The molecule has 1 aliphatic heterocycles. The van der Waals surface area contributed by atoms with E-state index < -0.39 is 5.92 Å². The third kappa shape index (κ3) is 3.03. The van der Waals surface area contributed by atoms with E-state index in [-0.39, 0.29) is 22.4 Å². The molecule has 0 saturated carbocycles. The van der Waals surface area contributed by atoms with Gasteiger partial charge in [-0.05, 0) is 35.3 Å². The van der Waals surface area contributed by atoms with Crippen LogP contribution < -0.4 is 5.84 Å². The van der Waals surface area contributed by atoms with Gasteiger partial charge in [-0.15, -0.1) is 0 Å². The summed E-state index contributed by atoms with van der Waals surface area (Å²) in [5.74, 6) is 6.28. The number of hydrazine groups is 1. The lowest BCUT2D eigenvalue weighted by Crippen LogP contribution is -2.47. The fourth-order valence-corrected chi connectivity index (χ4v) is 5.26. The number of hydrogen-bond acceptors (Lipinski definition) is 4. The number of hydrogen-bond donors (Lipinski definition) is 1. The lowest BCUT2D eigenvalue weighted by atomic mass is 9.64. The van der Waals surface area contributed by atoms with Crippen LogP contribution in [0.3, 0.4) is 0 Å². The molecule has 4 rings (SSSR count). The van der Waals surface area contributed by atoms with Gasteiger partial charge in [0.15, 0.2) is 11.6 Å². The first-order valence-corrected chi connectivity index (χ1v) is 10.2. The van der Waals surface area contributed by atoms with Crippen molar-refractivity contribution in [1.82, 2.24) is 5.01 Å². The number of nitrogens with two attached hydrogens (primary N) is 1. The van der Waals surface area contributed by atoms with E-state index >= 15 is 0 Å². The zero-order chi connectivity index (χ0) is 20.4. The molecular weight excluding hydrogens is 372 g/mol. The fraction of sp³-hybridized carbons (Fsp3) is 0.478. The van der Waals surface area contributed by atoms with Crippen LogP contribution in [-0.4, -0.2) is 16.6 Å². The zero-order valence-electron chi connectivity index (χ0n) is 16.9. The molecule has 0 aromatic heterocycles. The predicted molar refractivity (Wildman–Crippen MR) is 110 cm³/mol. The Morgan fingerprint density at radius 2 is 1.36 bits per heavy atom. The quantitative estimate of drug-likeness (QED) is 0.683. The van der Waals surface area contributed by atoms with E-state index in [1.807, 2.05) is 24.3 Å². The van der Waals surface area contributed by atoms with Crippen molar-refractivity contribution in [2.45, 2.75) is 59.3 Å². The average Bonchev–Trinajstić information content (AvgIpc) is 2.56. The number of carbonyl (C=O) groups excluding carboxylic acids is 2. The van der Waals surface area contributed by atoms with Crippen LogP contribution in [0, 0.1) is 10.8 Å². The topological polar surface area (TPSA) is 63.4 Å². The van der Waals surface area contributed by atoms with E-state index in [2.05, 4.69) is 27.7 Å². The predicted octanol–water partition coefficient (Wildman–Crippen LogP) is 4.90. The van der Waals surface area contributed by atoms with Gasteiger partial charge in [-0.25, -0.2) is 5.84 Å². The van der Waals surface area contributed by atoms with Gasteiger partial charge in [0.1, 0.15) is 0 Å². The van der Waals surface area contributed by atoms with Gasteiger partial charge in [0, 0.05) is 46.3 Å². The molecule has 1 heterocycles. The van der Waals surface area contributed by atoms with Gasteiger partial charge in [-0.1, -0.05) is 57.5 Å². The second-order valence-corrected chi connectivity index (χ2v) is 10.3. The third-order valence-electron chi connectivity index (χ3n) is 6.17. The zero-order valence-corrected chi connectivity index (χ0v) is 17.7. The minimum Gasteiger partial charge on any atom is -0.294 e. The standard InChI is InChI=1S/C23H27ClN2O2/c1-22(2)9-15-20(17(27)11-22)19(13-7-5-6-8-14(13)24)21-16(26(15)25)10-23(3,4)12-18(21)28/h5-8,19H,9-12,25H2,1-4H3. The summed E-state index contributed by atoms with van der Waals surface area (Å²) in [7, 11) is 0. The number of halogens is 1. The largest absolute Gasteiger partial charge is 0.294 e. The average molecular weight is 399 g/mol. The van der Waals surface area contributed by atoms with Crippen molar-refractivity contribution in [3.05, 3.63) is 57.4 Å². The molecule has 2 N–H and O–H groups in total. The summed E-state index contributed by atoms with van der Waals surface area (Å²) >= 11 is 6.55. The van der Waals surface area contributed by atoms with E-state index in [9.17, 15) is 9.59 Å². The lowest BCUT2D eigenvalue weighted by Gasteiger charge is -2.47. The number of carbonyl (C=O) groups is 2. The molecule has 2 aliphatic carbocycles. The SMILES string of the molecule is CC1(C)CC(=O)C2=C(C1)N(N)C1=C(C(=O)CC(C)(C)C1)C2c1ccccc1Cl. The Bertz CT molecular complexity index is 901. The van der Waals surface area contributed by atoms with Gasteiger partial charge >= 0.3 is 0 Å². The van der Waals surface area contributed by atoms with Gasteiger partial charge in [-0.2, -0.15) is 0 Å². The Balaban J connectivity index is 1.99. The molecule has 0 amide bonds. The maximum Gasteiger partial charge on any atom is 0.162 e. The number of allylic oxidation sites excluding steroid dienone is 4. The van der Waals surface area contributed by atoms with E-state index in [0.29, 0.717) is 41.9 Å². The summed E-state index contributed by atoms with van der Waals surface area (Å²) in [5.41, 5.74) is 3.49. The molecule has 1 aromatic carbocycles. The van der Waals surface area contributed by atoms with Crippen LogP contribution in [0.25, 0.3) is 0 Å². The Morgan fingerprint density at radius 1 is 0.893 bits per heavy atom. The Kier molecular flexibility index (Phi) is 4.36. The van der Waals surface area contributed by atoms with Crippen LogP contribution in [0.2, 0.25) is 5.02 Å². The Labute approximate surface area is 171 Å². The van der Waals surface area contributed by atoms with Crippen molar-refractivity contribution >= 4 is 23.2 Å². The van der Waals surface area contributed by atoms with Crippen LogP contribution >= 0.6 is 11.6 Å². The second kappa shape index (κ2) is 6.30. The van der Waals surface area contributed by atoms with Crippen molar-refractivity contribution in [3.63, 3.8) is 0 Å². The molecule has 3 aliphatic rings. The van der Waals surface area contributed by atoms with Crippen molar-refractivity contribution in [1.29, 1.82) is 0 Å². The highest BCUT2D eigenvalue weighted by Gasteiger charge is 2.48. The van der Waals surface area contributed by atoms with Gasteiger partial charge in [0.25, 0.3) is 0 Å². The molecule has 0 radical (unpaired) electrons. The molecule has 0 spiro atoms. The van der Waals surface area contributed by atoms with Crippen LogP contribution in [0.4, 0.5) is 0 Å². The van der Waals surface area contributed by atoms with Crippen LogP contribution in [0.1, 0.15) is 64.9 Å². The Morgan fingerprint density at radius 3 is 1.82 bits per heavy atom. The summed E-state index contributed by atoms with van der Waals surface area (Å²) in [4.78, 5) is 26.6. The first kappa shape index (κ1) is 19.4. The first-order valence-electron chi connectivity index (χ1n) is 9.82. The number of nitrogens with zero attached hydrogens (tertiary/aromatic N) is 1. The summed E-state index contributed by atoms with van der Waals surface area (Å²) in [5, 5.41) is 2.22. The minimum absolute atomic E-state index is 0.0656. The molecular formula is C23H27ClN2O2. The smallest absolute Gasteiger partial charge is 0.162 e. The van der Waals surface area contributed by atoms with Gasteiger partial charge in [0.05, 0.1) is 0 Å². The van der Waals surface area contributed by atoms with E-state index in [1.54, 1.807) is 5.01 Å². The van der Waals surface area contributed by atoms with E-state index in [4.69, 9.17) is 17.4 Å². The van der Waals surface area contributed by atoms with Crippen molar-refractivity contribution < 1.29 is 9.59 Å². The molecule has 0 fully saturated rings. The van der Waals surface area contributed by atoms with Gasteiger partial charge in [-0.3, -0.25) is 14.6 Å². The summed E-state index contributed by atoms with van der Waals surface area (Å²) in [6.07, 6.45) is 2.31. The summed E-state index contributed by atoms with van der Waals surface area (Å²) in [6.45, 7) is 8.36. The van der Waals surface area contributed by atoms with Crippen molar-refractivity contribution in [2.75, 3.05) is 0 Å². The highest BCUT2D eigenvalue weighted by atomic mass is 35.5. The van der Waals surface area contributed by atoms with Gasteiger partial charge < -0.3 is 0 Å². The normalized spacial score (nSPS) is 24.4.